The number of unbranched alkanes of at least 4 members (excludes halogenated alkanes) is 1. The first kappa shape index (κ1) is 10.9. The maximum atomic E-state index is 5.82. The third-order valence-corrected chi connectivity index (χ3v) is 2.49. The zero-order chi connectivity index (χ0) is 9.52. The van der Waals surface area contributed by atoms with E-state index in [0.29, 0.717) is 0 Å². The summed E-state index contributed by atoms with van der Waals surface area (Å²) in [5.74, 6) is 6.20. The second-order valence-electron chi connectivity index (χ2n) is 2.60. The lowest BCUT2D eigenvalue weighted by Gasteiger charge is -1.90. The van der Waals surface area contributed by atoms with Crippen molar-refractivity contribution in [2.24, 2.45) is 0 Å². The van der Waals surface area contributed by atoms with Crippen LogP contribution in [0.2, 0.25) is 5.02 Å². The Hall–Kier alpha value is -0.200. The highest BCUT2D eigenvalue weighted by molar-refractivity contribution is 14.1. The number of benzene rings is 1. The van der Waals surface area contributed by atoms with Crippen molar-refractivity contribution in [1.82, 2.24) is 0 Å². The van der Waals surface area contributed by atoms with Crippen LogP contribution < -0.4 is 0 Å². The van der Waals surface area contributed by atoms with Crippen LogP contribution in [0.5, 0.6) is 0 Å². The summed E-state index contributed by atoms with van der Waals surface area (Å²) in [7, 11) is 0. The van der Waals surface area contributed by atoms with Crippen molar-refractivity contribution in [3.63, 3.8) is 0 Å². The Labute approximate surface area is 97.8 Å². The van der Waals surface area contributed by atoms with Crippen molar-refractivity contribution >= 4 is 34.2 Å². The lowest BCUT2D eigenvalue weighted by molar-refractivity contribution is 1.01. The molecule has 0 spiro atoms. The fourth-order valence-electron chi connectivity index (χ4n) is 0.886. The van der Waals surface area contributed by atoms with E-state index < -0.39 is 0 Å². The third kappa shape index (κ3) is 4.54. The van der Waals surface area contributed by atoms with E-state index in [9.17, 15) is 0 Å². The lowest BCUT2D eigenvalue weighted by atomic mass is 10.2. The van der Waals surface area contributed by atoms with E-state index in [-0.39, 0.29) is 0 Å². The Kier molecular flexibility index (Phi) is 5.26. The summed E-state index contributed by atoms with van der Waals surface area (Å²) in [5, 5.41) is 0.751. The fraction of sp³-hybridized carbons (Fsp3) is 0.273. The molecule has 0 saturated carbocycles. The van der Waals surface area contributed by atoms with Gasteiger partial charge in [0.15, 0.2) is 0 Å². The number of hydrogen-bond donors (Lipinski definition) is 0. The first-order valence-corrected chi connectivity index (χ1v) is 6.03. The number of halogens is 2. The molecule has 0 N–H and O–H groups in total. The van der Waals surface area contributed by atoms with Crippen LogP contribution in [0, 0.1) is 11.8 Å². The Morgan fingerprint density at radius 3 is 2.92 bits per heavy atom. The van der Waals surface area contributed by atoms with Gasteiger partial charge in [-0.3, -0.25) is 0 Å². The normalized spacial score (nSPS) is 9.08. The van der Waals surface area contributed by atoms with Crippen molar-refractivity contribution in [1.29, 1.82) is 0 Å². The maximum absolute atomic E-state index is 5.82. The fourth-order valence-corrected chi connectivity index (χ4v) is 1.46. The minimum atomic E-state index is 0.751. The van der Waals surface area contributed by atoms with E-state index in [1.165, 1.54) is 4.43 Å². The van der Waals surface area contributed by atoms with Gasteiger partial charge in [0, 0.05) is 21.4 Å². The van der Waals surface area contributed by atoms with Gasteiger partial charge < -0.3 is 0 Å². The van der Waals surface area contributed by atoms with Crippen molar-refractivity contribution in [2.75, 3.05) is 4.43 Å². The first-order chi connectivity index (χ1) is 6.33. The Balaban J connectivity index is 2.56. The van der Waals surface area contributed by atoms with Gasteiger partial charge in [-0.2, -0.15) is 0 Å². The van der Waals surface area contributed by atoms with Gasteiger partial charge in [-0.25, -0.2) is 0 Å². The highest BCUT2D eigenvalue weighted by atomic mass is 127. The molecule has 13 heavy (non-hydrogen) atoms. The summed E-state index contributed by atoms with van der Waals surface area (Å²) < 4.78 is 1.17. The molecule has 0 nitrogen and oxygen atoms in total. The molecule has 0 aliphatic heterocycles. The zero-order valence-corrected chi connectivity index (χ0v) is 10.1. The predicted octanol–water partition coefficient (Wildman–Crippen LogP) is 3.91. The summed E-state index contributed by atoms with van der Waals surface area (Å²) in [5.41, 5.74) is 1.00. The average Bonchev–Trinajstić information content (AvgIpc) is 2.13. The summed E-state index contributed by atoms with van der Waals surface area (Å²) in [6.45, 7) is 0. The van der Waals surface area contributed by atoms with Gasteiger partial charge in [-0.05, 0) is 24.6 Å². The molecule has 0 atom stereocenters. The SMILES string of the molecule is Clc1cccc(C#CCCCI)c1. The predicted molar refractivity (Wildman–Crippen MR) is 66.5 cm³/mol. The highest BCUT2D eigenvalue weighted by Gasteiger charge is 1.87. The Morgan fingerprint density at radius 1 is 1.38 bits per heavy atom. The van der Waals surface area contributed by atoms with Crippen LogP contribution in [-0.2, 0) is 0 Å². The van der Waals surface area contributed by atoms with Crippen LogP contribution in [0.4, 0.5) is 0 Å². The number of rotatable bonds is 2. The number of hydrogen-bond acceptors (Lipinski definition) is 0. The van der Waals surface area contributed by atoms with E-state index in [1.54, 1.807) is 0 Å². The molecule has 2 heteroatoms. The standard InChI is InChI=1S/C11H10ClI/c12-11-7-4-6-10(9-11)5-2-1-3-8-13/h4,6-7,9H,1,3,8H2. The molecule has 0 aliphatic rings. The van der Waals surface area contributed by atoms with Crippen LogP contribution >= 0.6 is 34.2 Å². The largest absolute Gasteiger partial charge is 0.0979 e. The van der Waals surface area contributed by atoms with Crippen LogP contribution in [0.3, 0.4) is 0 Å². The van der Waals surface area contributed by atoms with Crippen LogP contribution in [0.25, 0.3) is 0 Å². The molecular weight excluding hydrogens is 294 g/mol. The van der Waals surface area contributed by atoms with Gasteiger partial charge in [-0.15, -0.1) is 0 Å². The van der Waals surface area contributed by atoms with Gasteiger partial charge in [0.1, 0.15) is 0 Å². The maximum Gasteiger partial charge on any atom is 0.0418 e. The zero-order valence-electron chi connectivity index (χ0n) is 7.19. The quantitative estimate of drug-likeness (QED) is 0.336. The van der Waals surface area contributed by atoms with Crippen molar-refractivity contribution in [3.8, 4) is 11.8 Å². The molecule has 0 heterocycles. The van der Waals surface area contributed by atoms with Crippen LogP contribution in [0.1, 0.15) is 18.4 Å². The van der Waals surface area contributed by atoms with Crippen molar-refractivity contribution < 1.29 is 0 Å². The molecular formula is C11H10ClI. The monoisotopic (exact) mass is 304 g/mol. The number of alkyl halides is 1. The van der Waals surface area contributed by atoms with E-state index in [4.69, 9.17) is 11.6 Å². The van der Waals surface area contributed by atoms with Gasteiger partial charge in [0.2, 0.25) is 0 Å². The summed E-state index contributed by atoms with van der Waals surface area (Å²) in [4.78, 5) is 0. The molecule has 0 radical (unpaired) electrons. The minimum Gasteiger partial charge on any atom is -0.0979 e. The average molecular weight is 305 g/mol. The highest BCUT2D eigenvalue weighted by Crippen LogP contribution is 2.09. The van der Waals surface area contributed by atoms with Crippen LogP contribution in [-0.4, -0.2) is 4.43 Å². The van der Waals surface area contributed by atoms with Gasteiger partial charge in [0.25, 0.3) is 0 Å². The molecule has 0 aromatic heterocycles. The van der Waals surface area contributed by atoms with Gasteiger partial charge >= 0.3 is 0 Å². The lowest BCUT2D eigenvalue weighted by Crippen LogP contribution is -1.74. The van der Waals surface area contributed by atoms with Crippen LogP contribution in [0.15, 0.2) is 24.3 Å². The minimum absolute atomic E-state index is 0.751. The Bertz CT molecular complexity index is 322. The van der Waals surface area contributed by atoms with Gasteiger partial charge in [0.05, 0.1) is 0 Å². The molecule has 68 valence electrons. The molecule has 1 aromatic rings. The topological polar surface area (TPSA) is 0 Å². The molecule has 1 aromatic carbocycles. The summed E-state index contributed by atoms with van der Waals surface area (Å²) in [6, 6.07) is 7.64. The first-order valence-electron chi connectivity index (χ1n) is 4.13. The van der Waals surface area contributed by atoms with E-state index >= 15 is 0 Å². The molecule has 0 saturated heterocycles. The van der Waals surface area contributed by atoms with E-state index in [2.05, 4.69) is 34.4 Å². The second-order valence-corrected chi connectivity index (χ2v) is 4.12. The van der Waals surface area contributed by atoms with E-state index in [0.717, 1.165) is 23.4 Å². The Morgan fingerprint density at radius 2 is 2.23 bits per heavy atom. The van der Waals surface area contributed by atoms with E-state index in [1.807, 2.05) is 24.3 Å². The molecule has 0 unspecified atom stereocenters. The molecule has 0 fully saturated rings. The molecule has 0 aliphatic carbocycles. The third-order valence-electron chi connectivity index (χ3n) is 1.49. The second kappa shape index (κ2) is 6.28. The molecule has 0 amide bonds. The molecule has 1 rings (SSSR count). The molecule has 0 bridgehead atoms. The van der Waals surface area contributed by atoms with Crippen molar-refractivity contribution in [3.05, 3.63) is 34.9 Å². The van der Waals surface area contributed by atoms with Crippen molar-refractivity contribution in [2.45, 2.75) is 12.8 Å². The summed E-state index contributed by atoms with van der Waals surface area (Å²) >= 11 is 8.17. The summed E-state index contributed by atoms with van der Waals surface area (Å²) in [6.07, 6.45) is 2.13. The smallest absolute Gasteiger partial charge is 0.0418 e. The van der Waals surface area contributed by atoms with Gasteiger partial charge in [-0.1, -0.05) is 52.1 Å².